The molecule has 5 heteroatoms. The molecule has 0 saturated heterocycles. The van der Waals surface area contributed by atoms with Gasteiger partial charge in [-0.15, -0.1) is 11.3 Å². The zero-order chi connectivity index (χ0) is 14.5. The van der Waals surface area contributed by atoms with Crippen LogP contribution in [0.3, 0.4) is 0 Å². The van der Waals surface area contributed by atoms with Crippen LogP contribution in [0, 0.1) is 11.2 Å². The first-order valence-electron chi connectivity index (χ1n) is 6.56. The van der Waals surface area contributed by atoms with Gasteiger partial charge in [-0.05, 0) is 24.6 Å². The molecule has 1 aliphatic rings. The third kappa shape index (κ3) is 2.01. The minimum atomic E-state index is -0.382. The first kappa shape index (κ1) is 13.5. The lowest BCUT2D eigenvalue weighted by molar-refractivity contribution is -0.0689. The minimum Gasteiger partial charge on any atom is -0.392 e. The van der Waals surface area contributed by atoms with E-state index in [2.05, 4.69) is 5.32 Å². The summed E-state index contributed by atoms with van der Waals surface area (Å²) < 4.78 is 14.4. The number of fused-ring (bicyclic) bond motifs is 1. The Bertz CT molecular complexity index is 680. The second kappa shape index (κ2) is 4.53. The summed E-state index contributed by atoms with van der Waals surface area (Å²) in [5.74, 6) is -0.507. The zero-order valence-electron chi connectivity index (χ0n) is 11.3. The van der Waals surface area contributed by atoms with E-state index in [0.29, 0.717) is 16.7 Å². The first-order chi connectivity index (χ1) is 9.39. The molecule has 0 aliphatic heterocycles. The van der Waals surface area contributed by atoms with E-state index >= 15 is 0 Å². The van der Waals surface area contributed by atoms with E-state index in [9.17, 15) is 14.3 Å². The highest BCUT2D eigenvalue weighted by Gasteiger charge is 2.48. The highest BCUT2D eigenvalue weighted by molar-refractivity contribution is 7.20. The maximum absolute atomic E-state index is 13.6. The van der Waals surface area contributed by atoms with Gasteiger partial charge in [0.25, 0.3) is 5.91 Å². The number of aliphatic hydroxyl groups is 1. The Labute approximate surface area is 120 Å². The van der Waals surface area contributed by atoms with Crippen molar-refractivity contribution in [3.8, 4) is 0 Å². The number of hydrogen-bond donors (Lipinski definition) is 2. The molecule has 1 aliphatic carbocycles. The van der Waals surface area contributed by atoms with Crippen molar-refractivity contribution in [3.05, 3.63) is 35.0 Å². The lowest BCUT2D eigenvalue weighted by Crippen LogP contribution is -2.61. The van der Waals surface area contributed by atoms with Crippen LogP contribution in [0.2, 0.25) is 0 Å². The summed E-state index contributed by atoms with van der Waals surface area (Å²) in [7, 11) is 0. The van der Waals surface area contributed by atoms with Gasteiger partial charge in [0.2, 0.25) is 0 Å². The molecule has 2 N–H and O–H groups in total. The number of amides is 1. The lowest BCUT2D eigenvalue weighted by Gasteiger charge is -2.49. The summed E-state index contributed by atoms with van der Waals surface area (Å²) in [6.45, 7) is 3.85. The van der Waals surface area contributed by atoms with Crippen molar-refractivity contribution in [3.63, 3.8) is 0 Å². The summed E-state index contributed by atoms with van der Waals surface area (Å²) in [4.78, 5) is 12.7. The predicted molar refractivity (Wildman–Crippen MR) is 77.4 cm³/mol. The second-order valence-electron chi connectivity index (χ2n) is 5.86. The van der Waals surface area contributed by atoms with Gasteiger partial charge in [0.15, 0.2) is 0 Å². The van der Waals surface area contributed by atoms with Crippen molar-refractivity contribution in [2.75, 3.05) is 0 Å². The Kier molecular flexibility index (Phi) is 3.06. The van der Waals surface area contributed by atoms with Crippen molar-refractivity contribution in [1.82, 2.24) is 5.32 Å². The molecule has 1 aromatic carbocycles. The van der Waals surface area contributed by atoms with Crippen molar-refractivity contribution < 1.29 is 14.3 Å². The van der Waals surface area contributed by atoms with E-state index in [1.54, 1.807) is 18.2 Å². The molecule has 1 fully saturated rings. The van der Waals surface area contributed by atoms with Crippen molar-refractivity contribution in [2.45, 2.75) is 32.4 Å². The van der Waals surface area contributed by atoms with Gasteiger partial charge in [0, 0.05) is 21.5 Å². The number of carbonyl (C=O) groups is 1. The predicted octanol–water partition coefficient (Wildman–Crippen LogP) is 2.93. The van der Waals surface area contributed by atoms with Crippen LogP contribution in [0.15, 0.2) is 24.3 Å². The standard InChI is InChI=1S/C15H16FNO2S/c1-15(2)12(7-13(15)18)17-14(19)11-6-8-9(16)4-3-5-10(8)20-11/h3-6,12-13,18H,7H2,1-2H3,(H,17,19). The summed E-state index contributed by atoms with van der Waals surface area (Å²) in [5, 5.41) is 13.1. The Morgan fingerprint density at radius 2 is 2.25 bits per heavy atom. The van der Waals surface area contributed by atoms with Crippen molar-refractivity contribution >= 4 is 27.3 Å². The summed E-state index contributed by atoms with van der Waals surface area (Å²) in [6.07, 6.45) is 0.186. The number of rotatable bonds is 2. The maximum atomic E-state index is 13.6. The molecule has 2 atom stereocenters. The molecule has 3 rings (SSSR count). The van der Waals surface area contributed by atoms with E-state index in [4.69, 9.17) is 0 Å². The van der Waals surface area contributed by atoms with E-state index in [0.717, 1.165) is 4.70 Å². The quantitative estimate of drug-likeness (QED) is 0.894. The van der Waals surface area contributed by atoms with Gasteiger partial charge >= 0.3 is 0 Å². The third-order valence-corrected chi connectivity index (χ3v) is 5.35. The second-order valence-corrected chi connectivity index (χ2v) is 6.94. The molecule has 0 spiro atoms. The average Bonchev–Trinajstić information content (AvgIpc) is 2.84. The van der Waals surface area contributed by atoms with Gasteiger partial charge < -0.3 is 10.4 Å². The lowest BCUT2D eigenvalue weighted by atomic mass is 9.64. The number of carbonyl (C=O) groups excluding carboxylic acids is 1. The van der Waals surface area contributed by atoms with Crippen LogP contribution in [0.1, 0.15) is 29.9 Å². The van der Waals surface area contributed by atoms with E-state index in [1.165, 1.54) is 17.4 Å². The van der Waals surface area contributed by atoms with Gasteiger partial charge in [-0.3, -0.25) is 4.79 Å². The SMILES string of the molecule is CC1(C)C(O)CC1NC(=O)c1cc2c(F)cccc2s1. The Hall–Kier alpha value is -1.46. The number of thiophene rings is 1. The number of benzene rings is 1. The Morgan fingerprint density at radius 3 is 2.85 bits per heavy atom. The monoisotopic (exact) mass is 293 g/mol. The molecule has 1 amide bonds. The zero-order valence-corrected chi connectivity index (χ0v) is 12.1. The van der Waals surface area contributed by atoms with Crippen LogP contribution in [0.5, 0.6) is 0 Å². The van der Waals surface area contributed by atoms with Gasteiger partial charge in [-0.2, -0.15) is 0 Å². The number of hydrogen-bond acceptors (Lipinski definition) is 3. The number of nitrogens with one attached hydrogen (secondary N) is 1. The van der Waals surface area contributed by atoms with Crippen LogP contribution in [0.4, 0.5) is 4.39 Å². The van der Waals surface area contributed by atoms with Crippen LogP contribution in [-0.2, 0) is 0 Å². The van der Waals surface area contributed by atoms with Crippen LogP contribution >= 0.6 is 11.3 Å². The van der Waals surface area contributed by atoms with E-state index in [1.807, 2.05) is 13.8 Å². The van der Waals surface area contributed by atoms with E-state index < -0.39 is 0 Å². The highest BCUT2D eigenvalue weighted by Crippen LogP contribution is 2.40. The van der Waals surface area contributed by atoms with Gasteiger partial charge in [0.05, 0.1) is 11.0 Å². The average molecular weight is 293 g/mol. The molecule has 1 aromatic heterocycles. The fraction of sp³-hybridized carbons (Fsp3) is 0.400. The molecule has 1 heterocycles. The van der Waals surface area contributed by atoms with E-state index in [-0.39, 0.29) is 29.3 Å². The molecule has 2 unspecified atom stereocenters. The van der Waals surface area contributed by atoms with Crippen LogP contribution in [0.25, 0.3) is 10.1 Å². The molecule has 0 radical (unpaired) electrons. The summed E-state index contributed by atoms with van der Waals surface area (Å²) in [5.41, 5.74) is -0.308. The molecule has 1 saturated carbocycles. The normalized spacial score (nSPS) is 24.4. The number of halogens is 1. The fourth-order valence-electron chi connectivity index (χ4n) is 2.51. The van der Waals surface area contributed by atoms with Gasteiger partial charge in [-0.1, -0.05) is 19.9 Å². The van der Waals surface area contributed by atoms with Crippen LogP contribution in [-0.4, -0.2) is 23.2 Å². The Morgan fingerprint density at radius 1 is 1.50 bits per heavy atom. The molecule has 0 bridgehead atoms. The van der Waals surface area contributed by atoms with Crippen molar-refractivity contribution in [2.24, 2.45) is 5.41 Å². The topological polar surface area (TPSA) is 49.3 Å². The van der Waals surface area contributed by atoms with Gasteiger partial charge in [0.1, 0.15) is 5.82 Å². The van der Waals surface area contributed by atoms with Crippen LogP contribution < -0.4 is 5.32 Å². The largest absolute Gasteiger partial charge is 0.392 e. The molecular weight excluding hydrogens is 277 g/mol. The fourth-order valence-corrected chi connectivity index (χ4v) is 3.49. The third-order valence-electron chi connectivity index (χ3n) is 4.25. The summed E-state index contributed by atoms with van der Waals surface area (Å²) >= 11 is 1.28. The molecule has 3 nitrogen and oxygen atoms in total. The highest BCUT2D eigenvalue weighted by atomic mass is 32.1. The molecule has 2 aromatic rings. The molecule has 20 heavy (non-hydrogen) atoms. The maximum Gasteiger partial charge on any atom is 0.261 e. The number of aliphatic hydroxyl groups excluding tert-OH is 1. The molecular formula is C15H16FNO2S. The summed E-state index contributed by atoms with van der Waals surface area (Å²) in [6, 6.07) is 6.38. The first-order valence-corrected chi connectivity index (χ1v) is 7.38. The van der Waals surface area contributed by atoms with Gasteiger partial charge in [-0.25, -0.2) is 4.39 Å². The smallest absolute Gasteiger partial charge is 0.261 e. The van der Waals surface area contributed by atoms with Crippen molar-refractivity contribution in [1.29, 1.82) is 0 Å². The minimum absolute atomic E-state index is 0.0416. The molecule has 106 valence electrons. The Balaban J connectivity index is 1.81.